The fourth-order valence-corrected chi connectivity index (χ4v) is 3.12. The van der Waals surface area contributed by atoms with Crippen molar-refractivity contribution >= 4 is 23.2 Å². The van der Waals surface area contributed by atoms with Crippen LogP contribution in [0, 0.1) is 6.92 Å². The van der Waals surface area contributed by atoms with Gasteiger partial charge in [0.15, 0.2) is 0 Å². The summed E-state index contributed by atoms with van der Waals surface area (Å²) in [5.74, 6) is -0.296. The van der Waals surface area contributed by atoms with Gasteiger partial charge in [0, 0.05) is 16.0 Å². The third-order valence-electron chi connectivity index (χ3n) is 3.59. The Morgan fingerprint density at radius 1 is 1.25 bits per heavy atom. The topological polar surface area (TPSA) is 84.9 Å². The second-order valence-corrected chi connectivity index (χ2v) is 6.12. The van der Waals surface area contributed by atoms with Crippen LogP contribution in [0.3, 0.4) is 0 Å². The molecule has 0 aliphatic rings. The number of thiophene rings is 1. The molecule has 0 radical (unpaired) electrons. The highest BCUT2D eigenvalue weighted by molar-refractivity contribution is 7.10. The predicted octanol–water partition coefficient (Wildman–Crippen LogP) is 3.02. The predicted molar refractivity (Wildman–Crippen MR) is 91.1 cm³/mol. The minimum Gasteiger partial charge on any atom is -0.496 e. The number of carbonyl (C=O) groups excluding carboxylic acids is 1. The van der Waals surface area contributed by atoms with Crippen LogP contribution in [0.4, 0.5) is 0 Å². The summed E-state index contributed by atoms with van der Waals surface area (Å²) in [7, 11) is 3.03. The largest absolute Gasteiger partial charge is 0.496 e. The fourth-order valence-electron chi connectivity index (χ4n) is 2.35. The van der Waals surface area contributed by atoms with E-state index < -0.39 is 12.0 Å². The number of methoxy groups -OCH3 is 2. The molecular weight excluding hydrogens is 330 g/mol. The monoisotopic (exact) mass is 349 g/mol. The van der Waals surface area contributed by atoms with Crippen LogP contribution in [-0.2, 0) is 4.79 Å². The molecule has 24 heavy (non-hydrogen) atoms. The Balaban J connectivity index is 2.28. The molecule has 1 aromatic heterocycles. The summed E-state index contributed by atoms with van der Waals surface area (Å²) in [6.07, 6.45) is -0.188. The summed E-state index contributed by atoms with van der Waals surface area (Å²) >= 11 is 1.40. The van der Waals surface area contributed by atoms with Crippen LogP contribution in [0.2, 0.25) is 0 Å². The van der Waals surface area contributed by atoms with Crippen molar-refractivity contribution in [2.24, 2.45) is 0 Å². The maximum atomic E-state index is 12.6. The van der Waals surface area contributed by atoms with Gasteiger partial charge in [0.25, 0.3) is 5.91 Å². The smallest absolute Gasteiger partial charge is 0.305 e. The number of carboxylic acid groups (broad SMARTS) is 1. The molecule has 0 fully saturated rings. The average molecular weight is 349 g/mol. The van der Waals surface area contributed by atoms with Crippen molar-refractivity contribution in [3.05, 3.63) is 45.6 Å². The highest BCUT2D eigenvalue weighted by atomic mass is 32.1. The van der Waals surface area contributed by atoms with Crippen LogP contribution in [0.5, 0.6) is 11.5 Å². The third-order valence-corrected chi connectivity index (χ3v) is 4.57. The number of nitrogens with one attached hydrogen (secondary N) is 1. The molecule has 0 spiro atoms. The minimum atomic E-state index is -0.979. The SMILES string of the molecule is COc1cc(C(=O)N[C@@H](CC(=O)O)c2cccs2)cc(OC)c1C. The average Bonchev–Trinajstić information content (AvgIpc) is 3.08. The maximum Gasteiger partial charge on any atom is 0.305 e. The lowest BCUT2D eigenvalue weighted by Crippen LogP contribution is -2.29. The first-order valence-electron chi connectivity index (χ1n) is 7.25. The van der Waals surface area contributed by atoms with E-state index in [-0.39, 0.29) is 12.3 Å². The number of ether oxygens (including phenoxy) is 2. The van der Waals surface area contributed by atoms with Gasteiger partial charge in [0.2, 0.25) is 0 Å². The van der Waals surface area contributed by atoms with E-state index in [1.54, 1.807) is 18.2 Å². The van der Waals surface area contributed by atoms with Crippen molar-refractivity contribution < 1.29 is 24.2 Å². The summed E-state index contributed by atoms with van der Waals surface area (Å²) in [6, 6.07) is 6.25. The molecular formula is C17H19NO5S. The molecule has 0 saturated carbocycles. The van der Waals surface area contributed by atoms with Gasteiger partial charge in [-0.15, -0.1) is 11.3 Å². The van der Waals surface area contributed by atoms with Crippen molar-refractivity contribution in [1.82, 2.24) is 5.32 Å². The van der Waals surface area contributed by atoms with Crippen LogP contribution >= 0.6 is 11.3 Å². The van der Waals surface area contributed by atoms with Crippen LogP contribution in [0.25, 0.3) is 0 Å². The van der Waals surface area contributed by atoms with Crippen LogP contribution < -0.4 is 14.8 Å². The van der Waals surface area contributed by atoms with E-state index in [1.807, 2.05) is 18.4 Å². The molecule has 2 N–H and O–H groups in total. The van der Waals surface area contributed by atoms with Gasteiger partial charge in [-0.1, -0.05) is 6.07 Å². The van der Waals surface area contributed by atoms with Gasteiger partial charge in [-0.05, 0) is 30.5 Å². The molecule has 1 heterocycles. The molecule has 0 aliphatic carbocycles. The van der Waals surface area contributed by atoms with Crippen molar-refractivity contribution in [2.75, 3.05) is 14.2 Å². The van der Waals surface area contributed by atoms with E-state index in [2.05, 4.69) is 5.32 Å². The normalized spacial score (nSPS) is 11.6. The summed E-state index contributed by atoms with van der Waals surface area (Å²) in [5.41, 5.74) is 1.14. The Morgan fingerprint density at radius 2 is 1.88 bits per heavy atom. The minimum absolute atomic E-state index is 0.188. The van der Waals surface area contributed by atoms with E-state index in [0.29, 0.717) is 17.1 Å². The molecule has 0 unspecified atom stereocenters. The lowest BCUT2D eigenvalue weighted by atomic mass is 10.1. The first kappa shape index (κ1) is 17.8. The molecule has 128 valence electrons. The molecule has 1 aromatic carbocycles. The number of benzene rings is 1. The number of hydrogen-bond acceptors (Lipinski definition) is 5. The molecule has 0 bridgehead atoms. The number of hydrogen-bond donors (Lipinski definition) is 2. The van der Waals surface area contributed by atoms with Gasteiger partial charge < -0.3 is 19.9 Å². The van der Waals surface area contributed by atoms with Gasteiger partial charge >= 0.3 is 5.97 Å². The number of amides is 1. The zero-order valence-corrected chi connectivity index (χ0v) is 14.5. The zero-order valence-electron chi connectivity index (χ0n) is 13.7. The Morgan fingerprint density at radius 3 is 2.33 bits per heavy atom. The molecule has 2 aromatic rings. The van der Waals surface area contributed by atoms with Gasteiger partial charge in [-0.2, -0.15) is 0 Å². The van der Waals surface area contributed by atoms with E-state index >= 15 is 0 Å². The van der Waals surface area contributed by atoms with Crippen molar-refractivity contribution in [1.29, 1.82) is 0 Å². The molecule has 6 nitrogen and oxygen atoms in total. The van der Waals surface area contributed by atoms with Crippen LogP contribution in [0.1, 0.15) is 33.3 Å². The zero-order chi connectivity index (χ0) is 17.7. The van der Waals surface area contributed by atoms with E-state index in [1.165, 1.54) is 25.6 Å². The quantitative estimate of drug-likeness (QED) is 0.803. The van der Waals surface area contributed by atoms with Gasteiger partial charge in [0.1, 0.15) is 11.5 Å². The number of carbonyl (C=O) groups is 2. The maximum absolute atomic E-state index is 12.6. The molecule has 1 atom stereocenters. The molecule has 7 heteroatoms. The molecule has 0 saturated heterocycles. The number of rotatable bonds is 7. The Bertz CT molecular complexity index is 702. The van der Waals surface area contributed by atoms with E-state index in [9.17, 15) is 9.59 Å². The summed E-state index contributed by atoms with van der Waals surface area (Å²) < 4.78 is 10.5. The molecule has 1 amide bonds. The Hall–Kier alpha value is -2.54. The number of carboxylic acids is 1. The highest BCUT2D eigenvalue weighted by Gasteiger charge is 2.21. The van der Waals surface area contributed by atoms with Gasteiger partial charge in [0.05, 0.1) is 26.7 Å². The van der Waals surface area contributed by atoms with Crippen LogP contribution in [0.15, 0.2) is 29.6 Å². The van der Waals surface area contributed by atoms with Gasteiger partial charge in [-0.25, -0.2) is 0 Å². The molecule has 0 aliphatic heterocycles. The highest BCUT2D eigenvalue weighted by Crippen LogP contribution is 2.30. The first-order valence-corrected chi connectivity index (χ1v) is 8.13. The van der Waals surface area contributed by atoms with Gasteiger partial charge in [-0.3, -0.25) is 9.59 Å². The number of aliphatic carboxylic acids is 1. The lowest BCUT2D eigenvalue weighted by molar-refractivity contribution is -0.137. The first-order chi connectivity index (χ1) is 11.5. The van der Waals surface area contributed by atoms with Crippen molar-refractivity contribution in [3.8, 4) is 11.5 Å². The molecule has 2 rings (SSSR count). The third kappa shape index (κ3) is 4.05. The van der Waals surface area contributed by atoms with Crippen molar-refractivity contribution in [3.63, 3.8) is 0 Å². The summed E-state index contributed by atoms with van der Waals surface area (Å²) in [4.78, 5) is 24.4. The summed E-state index contributed by atoms with van der Waals surface area (Å²) in [6.45, 7) is 1.83. The second kappa shape index (κ2) is 7.83. The second-order valence-electron chi connectivity index (χ2n) is 5.15. The van der Waals surface area contributed by atoms with E-state index in [4.69, 9.17) is 14.6 Å². The Labute approximate surface area is 144 Å². The summed E-state index contributed by atoms with van der Waals surface area (Å²) in [5, 5.41) is 13.7. The lowest BCUT2D eigenvalue weighted by Gasteiger charge is -2.17. The Kier molecular flexibility index (Phi) is 5.81. The van der Waals surface area contributed by atoms with Crippen molar-refractivity contribution in [2.45, 2.75) is 19.4 Å². The standard InChI is InChI=1S/C17H19NO5S/c1-10-13(22-2)7-11(8-14(10)23-3)17(21)18-12(9-16(19)20)15-5-4-6-24-15/h4-8,12H,9H2,1-3H3,(H,18,21)(H,19,20)/t12-/m0/s1. The van der Waals surface area contributed by atoms with E-state index in [0.717, 1.165) is 10.4 Å². The fraction of sp³-hybridized carbons (Fsp3) is 0.294. The van der Waals surface area contributed by atoms with Crippen LogP contribution in [-0.4, -0.2) is 31.2 Å².